The summed E-state index contributed by atoms with van der Waals surface area (Å²) in [5, 5.41) is 8.78. The summed E-state index contributed by atoms with van der Waals surface area (Å²) in [6.07, 6.45) is 2.00. The highest BCUT2D eigenvalue weighted by Crippen LogP contribution is 2.15. The highest BCUT2D eigenvalue weighted by atomic mass is 32.2. The Hall–Kier alpha value is -0.850. The molecule has 0 aliphatic heterocycles. The van der Waals surface area contributed by atoms with Gasteiger partial charge in [0.2, 0.25) is 0 Å². The lowest BCUT2D eigenvalue weighted by Gasteiger charge is -2.13. The van der Waals surface area contributed by atoms with E-state index in [0.29, 0.717) is 0 Å². The van der Waals surface area contributed by atoms with Gasteiger partial charge >= 0.3 is 0 Å². The Morgan fingerprint density at radius 3 is 2.36 bits per heavy atom. The molecular formula is C8H12N2O3S. The largest absolute Gasteiger partial charge is 0.384 e. The number of hydrogen-bond donors (Lipinski definition) is 2. The number of nitrogens with zero attached hydrogens (tertiary/aromatic N) is 2. The standard InChI is InChI=1S/C8H12N2O3S/c1-5-3-9-8(10-4-5)7(11)6(2)14(12)13/h3-4,6-7,11H,1-2H3,(H,12,13)/t6-,7+/m1/s1. The van der Waals surface area contributed by atoms with Crippen LogP contribution in [-0.2, 0) is 11.1 Å². The third kappa shape index (κ3) is 2.57. The zero-order valence-electron chi connectivity index (χ0n) is 7.91. The van der Waals surface area contributed by atoms with Crippen LogP contribution in [0.25, 0.3) is 0 Å². The molecule has 1 heterocycles. The van der Waals surface area contributed by atoms with Crippen molar-refractivity contribution in [2.45, 2.75) is 25.2 Å². The maximum atomic E-state index is 10.7. The molecule has 0 bridgehead atoms. The van der Waals surface area contributed by atoms with Gasteiger partial charge in [-0.15, -0.1) is 0 Å². The molecule has 0 spiro atoms. The maximum Gasteiger partial charge on any atom is 0.158 e. The number of aromatic nitrogens is 2. The Morgan fingerprint density at radius 2 is 1.93 bits per heavy atom. The Bertz CT molecular complexity index is 328. The molecule has 0 aliphatic carbocycles. The summed E-state index contributed by atoms with van der Waals surface area (Å²) in [4.78, 5) is 7.75. The van der Waals surface area contributed by atoms with Gasteiger partial charge in [-0.1, -0.05) is 0 Å². The van der Waals surface area contributed by atoms with Crippen LogP contribution < -0.4 is 0 Å². The molecule has 1 unspecified atom stereocenters. The second-order valence-corrected chi connectivity index (χ2v) is 4.34. The third-order valence-corrected chi connectivity index (χ3v) is 2.72. The lowest BCUT2D eigenvalue weighted by Crippen LogP contribution is -2.21. The van der Waals surface area contributed by atoms with Crippen LogP contribution in [0.1, 0.15) is 24.4 Å². The average molecular weight is 216 g/mol. The summed E-state index contributed by atoms with van der Waals surface area (Å²) >= 11 is -2.08. The molecule has 78 valence electrons. The van der Waals surface area contributed by atoms with E-state index in [0.717, 1.165) is 5.56 Å². The van der Waals surface area contributed by atoms with Crippen LogP contribution in [0.2, 0.25) is 0 Å². The fourth-order valence-electron chi connectivity index (χ4n) is 0.876. The number of hydrogen-bond acceptors (Lipinski definition) is 4. The minimum absolute atomic E-state index is 0.172. The van der Waals surface area contributed by atoms with Crippen LogP contribution in [0.4, 0.5) is 0 Å². The zero-order valence-corrected chi connectivity index (χ0v) is 8.73. The van der Waals surface area contributed by atoms with Gasteiger partial charge in [-0.05, 0) is 19.4 Å². The molecule has 1 rings (SSSR count). The SMILES string of the molecule is Cc1cnc([C@@H](O)[C@@H](C)S(=O)O)nc1. The van der Waals surface area contributed by atoms with Crippen LogP contribution in [0.3, 0.4) is 0 Å². The summed E-state index contributed by atoms with van der Waals surface area (Å²) in [5.74, 6) is 0.172. The van der Waals surface area contributed by atoms with Crippen molar-refractivity contribution in [1.82, 2.24) is 9.97 Å². The van der Waals surface area contributed by atoms with Gasteiger partial charge in [0, 0.05) is 12.4 Å². The molecule has 0 amide bonds. The van der Waals surface area contributed by atoms with Crippen LogP contribution in [0.5, 0.6) is 0 Å². The van der Waals surface area contributed by atoms with Crippen molar-refractivity contribution < 1.29 is 13.9 Å². The lowest BCUT2D eigenvalue weighted by atomic mass is 10.2. The quantitative estimate of drug-likeness (QED) is 0.716. The van der Waals surface area contributed by atoms with Gasteiger partial charge in [-0.25, -0.2) is 14.2 Å². The fourth-order valence-corrected chi connectivity index (χ4v) is 1.22. The van der Waals surface area contributed by atoms with Crippen molar-refractivity contribution in [3.63, 3.8) is 0 Å². The maximum absolute atomic E-state index is 10.7. The van der Waals surface area contributed by atoms with Crippen molar-refractivity contribution in [2.24, 2.45) is 0 Å². The monoisotopic (exact) mass is 216 g/mol. The van der Waals surface area contributed by atoms with E-state index in [4.69, 9.17) is 4.55 Å². The Kier molecular flexibility index (Phi) is 3.68. The van der Waals surface area contributed by atoms with Crippen molar-refractivity contribution in [1.29, 1.82) is 0 Å². The van der Waals surface area contributed by atoms with E-state index in [-0.39, 0.29) is 5.82 Å². The molecular weight excluding hydrogens is 204 g/mol. The van der Waals surface area contributed by atoms with E-state index in [1.165, 1.54) is 6.92 Å². The molecule has 0 fully saturated rings. The predicted octanol–water partition coefficient (Wildman–Crippen LogP) is 0.429. The molecule has 2 N–H and O–H groups in total. The van der Waals surface area contributed by atoms with Gasteiger partial charge in [0.25, 0.3) is 0 Å². The van der Waals surface area contributed by atoms with Gasteiger partial charge in [0.15, 0.2) is 16.9 Å². The van der Waals surface area contributed by atoms with E-state index in [1.807, 2.05) is 6.92 Å². The second-order valence-electron chi connectivity index (χ2n) is 3.04. The van der Waals surface area contributed by atoms with Gasteiger partial charge in [0.1, 0.15) is 6.10 Å². The number of aliphatic hydroxyl groups is 1. The fraction of sp³-hybridized carbons (Fsp3) is 0.500. The molecule has 0 radical (unpaired) electrons. The summed E-state index contributed by atoms with van der Waals surface area (Å²) in [5.41, 5.74) is 0.874. The first-order valence-corrected chi connectivity index (χ1v) is 5.25. The van der Waals surface area contributed by atoms with Crippen molar-refractivity contribution in [2.75, 3.05) is 0 Å². The first kappa shape index (κ1) is 11.2. The smallest absolute Gasteiger partial charge is 0.158 e. The normalized spacial score (nSPS) is 17.4. The van der Waals surface area contributed by atoms with Crippen LogP contribution in [0, 0.1) is 6.92 Å². The molecule has 0 saturated carbocycles. The van der Waals surface area contributed by atoms with Crippen LogP contribution in [0.15, 0.2) is 12.4 Å². The van der Waals surface area contributed by atoms with Gasteiger partial charge in [0.05, 0.1) is 5.25 Å². The van der Waals surface area contributed by atoms with Gasteiger partial charge < -0.3 is 9.66 Å². The van der Waals surface area contributed by atoms with E-state index < -0.39 is 22.4 Å². The Labute approximate surface area is 84.5 Å². The number of rotatable bonds is 3. The molecule has 5 nitrogen and oxygen atoms in total. The van der Waals surface area contributed by atoms with Crippen molar-refractivity contribution >= 4 is 11.1 Å². The van der Waals surface area contributed by atoms with E-state index in [1.54, 1.807) is 12.4 Å². The third-order valence-electron chi connectivity index (χ3n) is 1.83. The second kappa shape index (κ2) is 4.59. The van der Waals surface area contributed by atoms with E-state index in [9.17, 15) is 9.32 Å². The number of aryl methyl sites for hydroxylation is 1. The summed E-state index contributed by atoms with van der Waals surface area (Å²) < 4.78 is 19.4. The van der Waals surface area contributed by atoms with E-state index >= 15 is 0 Å². The molecule has 1 aromatic rings. The molecule has 0 saturated heterocycles. The summed E-state index contributed by atoms with van der Waals surface area (Å²) in [6, 6.07) is 0. The highest BCUT2D eigenvalue weighted by Gasteiger charge is 2.23. The van der Waals surface area contributed by atoms with Gasteiger partial charge in [-0.3, -0.25) is 0 Å². The van der Waals surface area contributed by atoms with E-state index in [2.05, 4.69) is 9.97 Å². The van der Waals surface area contributed by atoms with Crippen molar-refractivity contribution in [3.8, 4) is 0 Å². The predicted molar refractivity (Wildman–Crippen MR) is 52.0 cm³/mol. The Morgan fingerprint density at radius 1 is 1.43 bits per heavy atom. The zero-order chi connectivity index (χ0) is 10.7. The van der Waals surface area contributed by atoms with Crippen LogP contribution in [-0.4, -0.2) is 29.1 Å². The van der Waals surface area contributed by atoms with Crippen molar-refractivity contribution in [3.05, 3.63) is 23.8 Å². The first-order chi connectivity index (χ1) is 6.52. The van der Waals surface area contributed by atoms with Gasteiger partial charge in [-0.2, -0.15) is 0 Å². The molecule has 14 heavy (non-hydrogen) atoms. The summed E-state index contributed by atoms with van der Waals surface area (Å²) in [7, 11) is 0. The lowest BCUT2D eigenvalue weighted by molar-refractivity contribution is 0.165. The first-order valence-electron chi connectivity index (χ1n) is 4.08. The van der Waals surface area contributed by atoms with Crippen LogP contribution >= 0.6 is 0 Å². The minimum atomic E-state index is -2.08. The molecule has 6 heteroatoms. The Balaban J connectivity index is 2.84. The highest BCUT2D eigenvalue weighted by molar-refractivity contribution is 7.79. The molecule has 3 atom stereocenters. The topological polar surface area (TPSA) is 83.3 Å². The molecule has 0 aromatic carbocycles. The minimum Gasteiger partial charge on any atom is -0.384 e. The molecule has 1 aromatic heterocycles. The number of aliphatic hydroxyl groups excluding tert-OH is 1. The summed E-state index contributed by atoms with van der Waals surface area (Å²) in [6.45, 7) is 3.29. The average Bonchev–Trinajstić information content (AvgIpc) is 2.16. The molecule has 0 aliphatic rings.